The Morgan fingerprint density at radius 2 is 2.05 bits per heavy atom. The maximum absolute atomic E-state index is 12.8. The molecule has 114 valence electrons. The van der Waals surface area contributed by atoms with Crippen molar-refractivity contribution in [1.29, 1.82) is 0 Å². The van der Waals surface area contributed by atoms with Crippen molar-refractivity contribution in [2.45, 2.75) is 37.0 Å². The molecule has 0 spiro atoms. The summed E-state index contributed by atoms with van der Waals surface area (Å²) in [7, 11) is 0. The highest BCUT2D eigenvalue weighted by Crippen LogP contribution is 2.48. The summed E-state index contributed by atoms with van der Waals surface area (Å²) in [6, 6.07) is 6.57. The van der Waals surface area contributed by atoms with Gasteiger partial charge in [-0.05, 0) is 67.5 Å². The molecule has 2 aliphatic carbocycles. The molecule has 1 aromatic rings. The summed E-state index contributed by atoms with van der Waals surface area (Å²) in [5.74, 6) is 2.78. The number of nitrogens with one attached hydrogen (secondary N) is 1. The maximum Gasteiger partial charge on any atom is 0.223 e. The van der Waals surface area contributed by atoms with Gasteiger partial charge in [0.1, 0.15) is 5.82 Å². The molecule has 0 radical (unpaired) electrons. The van der Waals surface area contributed by atoms with Crippen LogP contribution in [0.4, 0.5) is 4.39 Å². The fourth-order valence-electron chi connectivity index (χ4n) is 3.70. The van der Waals surface area contributed by atoms with Gasteiger partial charge in [0.15, 0.2) is 0 Å². The molecule has 4 heteroatoms. The first-order valence-corrected chi connectivity index (χ1v) is 8.87. The van der Waals surface area contributed by atoms with Crippen molar-refractivity contribution >= 4 is 17.7 Å². The van der Waals surface area contributed by atoms with E-state index in [1.165, 1.54) is 31.4 Å². The summed E-state index contributed by atoms with van der Waals surface area (Å²) in [6.07, 6.45) is 5.93. The number of thioether (sulfide) groups is 1. The quantitative estimate of drug-likeness (QED) is 0.639. The predicted octanol–water partition coefficient (Wildman–Crippen LogP) is 3.86. The first kappa shape index (κ1) is 14.9. The largest absolute Gasteiger partial charge is 0.356 e. The zero-order chi connectivity index (χ0) is 14.7. The van der Waals surface area contributed by atoms with Gasteiger partial charge in [-0.15, -0.1) is 11.8 Å². The highest BCUT2D eigenvalue weighted by atomic mass is 32.2. The van der Waals surface area contributed by atoms with Crippen LogP contribution in [-0.2, 0) is 4.79 Å². The minimum atomic E-state index is -0.197. The van der Waals surface area contributed by atoms with Crippen molar-refractivity contribution in [3.63, 3.8) is 0 Å². The third kappa shape index (κ3) is 3.79. The van der Waals surface area contributed by atoms with Gasteiger partial charge in [-0.25, -0.2) is 4.39 Å². The van der Waals surface area contributed by atoms with Crippen LogP contribution in [0.25, 0.3) is 0 Å². The van der Waals surface area contributed by atoms with Gasteiger partial charge in [0, 0.05) is 17.4 Å². The number of amides is 1. The van der Waals surface area contributed by atoms with Crippen LogP contribution in [0.2, 0.25) is 0 Å². The van der Waals surface area contributed by atoms with E-state index < -0.39 is 0 Å². The van der Waals surface area contributed by atoms with Crippen molar-refractivity contribution in [1.82, 2.24) is 5.32 Å². The number of halogens is 1. The van der Waals surface area contributed by atoms with Crippen LogP contribution < -0.4 is 5.32 Å². The highest BCUT2D eigenvalue weighted by molar-refractivity contribution is 7.99. The molecular weight excluding hydrogens is 285 g/mol. The molecule has 2 nitrogen and oxygen atoms in total. The molecule has 1 N–H and O–H groups in total. The molecule has 0 saturated heterocycles. The summed E-state index contributed by atoms with van der Waals surface area (Å²) in [4.78, 5) is 13.2. The Hall–Kier alpha value is -1.03. The monoisotopic (exact) mass is 307 g/mol. The van der Waals surface area contributed by atoms with Gasteiger partial charge in [-0.1, -0.05) is 6.42 Å². The Morgan fingerprint density at radius 1 is 1.24 bits per heavy atom. The molecule has 0 aromatic heterocycles. The topological polar surface area (TPSA) is 29.1 Å². The van der Waals surface area contributed by atoms with Crippen LogP contribution in [0.1, 0.15) is 32.1 Å². The van der Waals surface area contributed by atoms with Gasteiger partial charge in [-0.3, -0.25) is 4.79 Å². The van der Waals surface area contributed by atoms with Crippen molar-refractivity contribution in [2.24, 2.45) is 17.8 Å². The van der Waals surface area contributed by atoms with Crippen LogP contribution in [0.15, 0.2) is 29.2 Å². The van der Waals surface area contributed by atoms with Gasteiger partial charge >= 0.3 is 0 Å². The Labute approximate surface area is 129 Å². The number of benzene rings is 1. The standard InChI is InChI=1S/C17H22FNOS/c18-14-4-6-15(7-5-14)21-9-1-8-19-17(20)16-11-12-2-3-13(16)10-12/h4-7,12-13,16H,1-3,8-11H2,(H,19,20). The van der Waals surface area contributed by atoms with Crippen LogP contribution in [0.3, 0.4) is 0 Å². The van der Waals surface area contributed by atoms with Crippen molar-refractivity contribution in [3.8, 4) is 0 Å². The molecule has 2 aliphatic rings. The van der Waals surface area contributed by atoms with Crippen LogP contribution in [0, 0.1) is 23.6 Å². The Kier molecular flexibility index (Phi) is 4.84. The van der Waals surface area contributed by atoms with E-state index in [4.69, 9.17) is 0 Å². The van der Waals surface area contributed by atoms with E-state index in [1.807, 2.05) is 0 Å². The summed E-state index contributed by atoms with van der Waals surface area (Å²) in [6.45, 7) is 0.751. The first-order valence-electron chi connectivity index (χ1n) is 7.88. The minimum absolute atomic E-state index is 0.197. The summed E-state index contributed by atoms with van der Waals surface area (Å²) in [5.41, 5.74) is 0. The zero-order valence-electron chi connectivity index (χ0n) is 12.2. The average molecular weight is 307 g/mol. The number of hydrogen-bond donors (Lipinski definition) is 1. The van der Waals surface area contributed by atoms with E-state index in [0.29, 0.717) is 5.92 Å². The Bertz CT molecular complexity index is 490. The molecule has 2 bridgehead atoms. The Balaban J connectivity index is 1.31. The van der Waals surface area contributed by atoms with E-state index in [2.05, 4.69) is 5.32 Å². The molecule has 2 saturated carbocycles. The van der Waals surface area contributed by atoms with E-state index in [-0.39, 0.29) is 17.6 Å². The summed E-state index contributed by atoms with van der Waals surface area (Å²) < 4.78 is 12.8. The molecule has 3 rings (SSSR count). The highest BCUT2D eigenvalue weighted by Gasteiger charge is 2.42. The third-order valence-corrected chi connectivity index (χ3v) is 5.88. The van der Waals surface area contributed by atoms with E-state index in [1.54, 1.807) is 23.9 Å². The second-order valence-corrected chi connectivity index (χ2v) is 7.40. The molecule has 3 atom stereocenters. The van der Waals surface area contributed by atoms with Gasteiger partial charge in [0.2, 0.25) is 5.91 Å². The van der Waals surface area contributed by atoms with Crippen molar-refractivity contribution in [2.75, 3.05) is 12.3 Å². The minimum Gasteiger partial charge on any atom is -0.356 e. The number of fused-ring (bicyclic) bond motifs is 2. The second kappa shape index (κ2) is 6.82. The maximum atomic E-state index is 12.8. The van der Waals surface area contributed by atoms with Gasteiger partial charge in [0.05, 0.1) is 0 Å². The SMILES string of the molecule is O=C(NCCCSc1ccc(F)cc1)C1CC2CCC1C2. The summed E-state index contributed by atoms with van der Waals surface area (Å²) >= 11 is 1.71. The molecule has 21 heavy (non-hydrogen) atoms. The van der Waals surface area contributed by atoms with Crippen LogP contribution >= 0.6 is 11.8 Å². The lowest BCUT2D eigenvalue weighted by Gasteiger charge is -2.20. The normalized spacial score (nSPS) is 27.0. The molecular formula is C17H22FNOS. The predicted molar refractivity (Wildman–Crippen MR) is 83.7 cm³/mol. The summed E-state index contributed by atoms with van der Waals surface area (Å²) in [5, 5.41) is 3.09. The molecule has 0 heterocycles. The number of carbonyl (C=O) groups is 1. The van der Waals surface area contributed by atoms with Gasteiger partial charge < -0.3 is 5.32 Å². The van der Waals surface area contributed by atoms with Crippen molar-refractivity contribution < 1.29 is 9.18 Å². The van der Waals surface area contributed by atoms with Gasteiger partial charge in [0.25, 0.3) is 0 Å². The van der Waals surface area contributed by atoms with E-state index in [0.717, 1.165) is 36.0 Å². The molecule has 1 aromatic carbocycles. The lowest BCUT2D eigenvalue weighted by atomic mass is 9.88. The number of rotatable bonds is 6. The van der Waals surface area contributed by atoms with E-state index in [9.17, 15) is 9.18 Å². The lowest BCUT2D eigenvalue weighted by Crippen LogP contribution is -2.34. The molecule has 1 amide bonds. The first-order chi connectivity index (χ1) is 10.2. The fourth-order valence-corrected chi connectivity index (χ4v) is 4.55. The molecule has 3 unspecified atom stereocenters. The lowest BCUT2D eigenvalue weighted by molar-refractivity contribution is -0.126. The van der Waals surface area contributed by atoms with Gasteiger partial charge in [-0.2, -0.15) is 0 Å². The molecule has 2 fully saturated rings. The average Bonchev–Trinajstić information content (AvgIpc) is 3.11. The Morgan fingerprint density at radius 3 is 2.71 bits per heavy atom. The zero-order valence-corrected chi connectivity index (χ0v) is 13.0. The number of hydrogen-bond acceptors (Lipinski definition) is 2. The molecule has 0 aliphatic heterocycles. The smallest absolute Gasteiger partial charge is 0.223 e. The number of carbonyl (C=O) groups excluding carboxylic acids is 1. The van der Waals surface area contributed by atoms with Crippen molar-refractivity contribution in [3.05, 3.63) is 30.1 Å². The second-order valence-electron chi connectivity index (χ2n) is 6.23. The third-order valence-electron chi connectivity index (χ3n) is 4.78. The van der Waals surface area contributed by atoms with Crippen LogP contribution in [-0.4, -0.2) is 18.2 Å². The van der Waals surface area contributed by atoms with Crippen LogP contribution in [0.5, 0.6) is 0 Å². The fraction of sp³-hybridized carbons (Fsp3) is 0.588. The van der Waals surface area contributed by atoms with E-state index >= 15 is 0 Å².